The lowest BCUT2D eigenvalue weighted by atomic mass is 10.1. The number of anilines is 1. The van der Waals surface area contributed by atoms with Gasteiger partial charge >= 0.3 is 0 Å². The van der Waals surface area contributed by atoms with Gasteiger partial charge in [0.25, 0.3) is 11.6 Å². The van der Waals surface area contributed by atoms with E-state index in [-0.39, 0.29) is 16.9 Å². The Bertz CT molecular complexity index is 668. The molecule has 20 heavy (non-hydrogen) atoms. The van der Waals surface area contributed by atoms with E-state index in [0.717, 1.165) is 9.88 Å². The van der Waals surface area contributed by atoms with E-state index >= 15 is 0 Å². The van der Waals surface area contributed by atoms with Crippen molar-refractivity contribution in [3.63, 3.8) is 0 Å². The Morgan fingerprint density at radius 2 is 2.30 bits per heavy atom. The maximum atomic E-state index is 12.0. The fourth-order valence-corrected chi connectivity index (χ4v) is 2.39. The van der Waals surface area contributed by atoms with E-state index in [1.54, 1.807) is 6.20 Å². The van der Waals surface area contributed by atoms with Crippen molar-refractivity contribution in [2.45, 2.75) is 13.5 Å². The summed E-state index contributed by atoms with van der Waals surface area (Å²) in [6.45, 7) is 2.18. The molecule has 1 aromatic heterocycles. The normalized spacial score (nSPS) is 10.2. The Morgan fingerprint density at radius 1 is 1.55 bits per heavy atom. The van der Waals surface area contributed by atoms with Crippen LogP contribution in [0.5, 0.6) is 0 Å². The number of nitro groups is 1. The molecule has 0 atom stereocenters. The average Bonchev–Trinajstić information content (AvgIpc) is 2.81. The Morgan fingerprint density at radius 3 is 2.90 bits per heavy atom. The molecule has 0 aliphatic carbocycles. The Kier molecular flexibility index (Phi) is 3.94. The lowest BCUT2D eigenvalue weighted by Crippen LogP contribution is -2.23. The molecule has 0 saturated carbocycles. The fourth-order valence-electron chi connectivity index (χ4n) is 1.66. The zero-order valence-electron chi connectivity index (χ0n) is 10.6. The minimum atomic E-state index is -0.612. The average molecular weight is 292 g/mol. The molecule has 0 spiro atoms. The second kappa shape index (κ2) is 5.66. The zero-order chi connectivity index (χ0) is 14.7. The summed E-state index contributed by atoms with van der Waals surface area (Å²) < 4.78 is 0. The van der Waals surface area contributed by atoms with E-state index in [2.05, 4.69) is 10.3 Å². The molecule has 0 aliphatic heterocycles. The highest BCUT2D eigenvalue weighted by Gasteiger charge is 2.18. The molecule has 0 saturated heterocycles. The molecule has 8 heteroatoms. The Labute approximate surface area is 118 Å². The first kappa shape index (κ1) is 13.9. The molecule has 0 fully saturated rings. The minimum absolute atomic E-state index is 0.0976. The number of nitrogens with one attached hydrogen (secondary N) is 1. The van der Waals surface area contributed by atoms with Crippen molar-refractivity contribution in [3.05, 3.63) is 50.0 Å². The number of para-hydroxylation sites is 1. The third kappa shape index (κ3) is 2.91. The number of aromatic nitrogens is 1. The third-order valence-corrected chi connectivity index (χ3v) is 3.53. The summed E-state index contributed by atoms with van der Waals surface area (Å²) in [6.07, 6.45) is 1.68. The first-order chi connectivity index (χ1) is 9.49. The van der Waals surface area contributed by atoms with Crippen LogP contribution in [0.4, 0.5) is 11.4 Å². The monoisotopic (exact) mass is 292 g/mol. The zero-order valence-corrected chi connectivity index (χ0v) is 11.4. The smallest absolute Gasteiger partial charge is 0.292 e. The molecule has 0 unspecified atom stereocenters. The van der Waals surface area contributed by atoms with Crippen molar-refractivity contribution in [2.75, 3.05) is 5.73 Å². The van der Waals surface area contributed by atoms with Gasteiger partial charge < -0.3 is 11.1 Å². The molecular formula is C12H12N4O3S. The standard InChI is InChI=1S/C12H12N4O3S/c1-7-14-5-8(20-7)6-15-12(17)9-3-2-4-10(11(9)13)16(18)19/h2-5H,6,13H2,1H3,(H,15,17). The van der Waals surface area contributed by atoms with Crippen LogP contribution in [0.1, 0.15) is 20.2 Å². The van der Waals surface area contributed by atoms with Gasteiger partial charge in [-0.1, -0.05) is 6.07 Å². The van der Waals surface area contributed by atoms with E-state index in [1.807, 2.05) is 6.92 Å². The van der Waals surface area contributed by atoms with Gasteiger partial charge in [-0.2, -0.15) is 0 Å². The summed E-state index contributed by atoms with van der Waals surface area (Å²) >= 11 is 1.47. The van der Waals surface area contributed by atoms with Crippen molar-refractivity contribution in [1.82, 2.24) is 10.3 Å². The third-order valence-electron chi connectivity index (χ3n) is 2.62. The first-order valence-electron chi connectivity index (χ1n) is 5.71. The number of nitrogens with two attached hydrogens (primary N) is 1. The molecular weight excluding hydrogens is 280 g/mol. The van der Waals surface area contributed by atoms with Crippen molar-refractivity contribution >= 4 is 28.6 Å². The van der Waals surface area contributed by atoms with Gasteiger partial charge in [0.2, 0.25) is 0 Å². The number of amides is 1. The van der Waals surface area contributed by atoms with Crippen LogP contribution in [0.25, 0.3) is 0 Å². The predicted octanol–water partition coefficient (Wildman–Crippen LogP) is 1.87. The van der Waals surface area contributed by atoms with E-state index in [4.69, 9.17) is 5.73 Å². The van der Waals surface area contributed by atoms with Crippen molar-refractivity contribution in [2.24, 2.45) is 0 Å². The summed E-state index contributed by atoms with van der Waals surface area (Å²) in [7, 11) is 0. The highest BCUT2D eigenvalue weighted by Crippen LogP contribution is 2.24. The Balaban J connectivity index is 2.13. The van der Waals surface area contributed by atoms with Gasteiger partial charge in [0, 0.05) is 17.1 Å². The summed E-state index contributed by atoms with van der Waals surface area (Å²) in [6, 6.07) is 4.15. The summed E-state index contributed by atoms with van der Waals surface area (Å²) in [5.74, 6) is -0.447. The number of aryl methyl sites for hydroxylation is 1. The van der Waals surface area contributed by atoms with Crippen LogP contribution in [0.3, 0.4) is 0 Å². The molecule has 1 aromatic carbocycles. The predicted molar refractivity (Wildman–Crippen MR) is 75.5 cm³/mol. The van der Waals surface area contributed by atoms with Crippen molar-refractivity contribution in [1.29, 1.82) is 0 Å². The highest BCUT2D eigenvalue weighted by atomic mass is 32.1. The van der Waals surface area contributed by atoms with Gasteiger partial charge in [-0.25, -0.2) is 4.98 Å². The number of carbonyl (C=O) groups excluding carboxylic acids is 1. The van der Waals surface area contributed by atoms with Crippen LogP contribution in [0.15, 0.2) is 24.4 Å². The number of benzene rings is 1. The molecule has 104 valence electrons. The number of nitrogens with zero attached hydrogens (tertiary/aromatic N) is 2. The van der Waals surface area contributed by atoms with Gasteiger partial charge in [-0.15, -0.1) is 11.3 Å². The number of carbonyl (C=O) groups is 1. The minimum Gasteiger partial charge on any atom is -0.393 e. The summed E-state index contributed by atoms with van der Waals surface area (Å²) in [4.78, 5) is 27.1. The second-order valence-electron chi connectivity index (χ2n) is 4.02. The molecule has 2 rings (SSSR count). The first-order valence-corrected chi connectivity index (χ1v) is 6.53. The molecule has 0 bridgehead atoms. The van der Waals surface area contributed by atoms with Gasteiger partial charge in [0.1, 0.15) is 5.69 Å². The topological polar surface area (TPSA) is 111 Å². The van der Waals surface area contributed by atoms with E-state index < -0.39 is 10.8 Å². The molecule has 1 amide bonds. The maximum Gasteiger partial charge on any atom is 0.292 e. The number of nitro benzene ring substituents is 1. The molecule has 0 aliphatic rings. The van der Waals surface area contributed by atoms with Crippen LogP contribution in [0.2, 0.25) is 0 Å². The van der Waals surface area contributed by atoms with Crippen LogP contribution >= 0.6 is 11.3 Å². The van der Waals surface area contributed by atoms with Crippen molar-refractivity contribution < 1.29 is 9.72 Å². The number of nitrogen functional groups attached to an aromatic ring is 1. The van der Waals surface area contributed by atoms with E-state index in [9.17, 15) is 14.9 Å². The van der Waals surface area contributed by atoms with Gasteiger partial charge in [-0.3, -0.25) is 14.9 Å². The van der Waals surface area contributed by atoms with E-state index in [1.165, 1.54) is 29.5 Å². The summed E-state index contributed by atoms with van der Waals surface area (Å²) in [5.41, 5.74) is 5.34. The molecule has 1 heterocycles. The molecule has 2 aromatic rings. The van der Waals surface area contributed by atoms with Gasteiger partial charge in [-0.05, 0) is 13.0 Å². The highest BCUT2D eigenvalue weighted by molar-refractivity contribution is 7.11. The fraction of sp³-hybridized carbons (Fsp3) is 0.167. The number of hydrogen-bond acceptors (Lipinski definition) is 6. The number of thiazole rings is 1. The molecule has 7 nitrogen and oxygen atoms in total. The molecule has 3 N–H and O–H groups in total. The number of hydrogen-bond donors (Lipinski definition) is 2. The quantitative estimate of drug-likeness (QED) is 0.507. The van der Waals surface area contributed by atoms with Gasteiger partial charge in [0.05, 0.1) is 22.0 Å². The molecule has 0 radical (unpaired) electrons. The lowest BCUT2D eigenvalue weighted by Gasteiger charge is -2.06. The van der Waals surface area contributed by atoms with Crippen LogP contribution in [-0.4, -0.2) is 15.8 Å². The summed E-state index contributed by atoms with van der Waals surface area (Å²) in [5, 5.41) is 14.3. The second-order valence-corrected chi connectivity index (χ2v) is 5.34. The Hall–Kier alpha value is -2.48. The van der Waals surface area contributed by atoms with Crippen LogP contribution < -0.4 is 11.1 Å². The largest absolute Gasteiger partial charge is 0.393 e. The van der Waals surface area contributed by atoms with Crippen molar-refractivity contribution in [3.8, 4) is 0 Å². The number of rotatable bonds is 4. The van der Waals surface area contributed by atoms with Crippen LogP contribution in [-0.2, 0) is 6.54 Å². The van der Waals surface area contributed by atoms with Gasteiger partial charge in [0.15, 0.2) is 0 Å². The van der Waals surface area contributed by atoms with Crippen LogP contribution in [0, 0.1) is 17.0 Å². The van der Waals surface area contributed by atoms with E-state index in [0.29, 0.717) is 6.54 Å². The lowest BCUT2D eigenvalue weighted by molar-refractivity contribution is -0.383. The maximum absolute atomic E-state index is 12.0. The SMILES string of the molecule is Cc1ncc(CNC(=O)c2cccc([N+](=O)[O-])c2N)s1.